The molecule has 0 amide bonds. The summed E-state index contributed by atoms with van der Waals surface area (Å²) in [6, 6.07) is 15.8. The van der Waals surface area contributed by atoms with E-state index in [1.54, 1.807) is 0 Å². The van der Waals surface area contributed by atoms with Crippen LogP contribution in [-0.4, -0.2) is 0 Å². The maximum atomic E-state index is 13.9. The minimum Gasteiger partial charge on any atom is -0.441 e. The molecule has 0 aliphatic carbocycles. The predicted molar refractivity (Wildman–Crippen MR) is 93.1 cm³/mol. The van der Waals surface area contributed by atoms with E-state index in [9.17, 15) is 4.57 Å². The highest BCUT2D eigenvalue weighted by molar-refractivity contribution is 7.74. The number of aryl methyl sites for hydroxylation is 1. The van der Waals surface area contributed by atoms with Gasteiger partial charge in [-0.25, -0.2) is 0 Å². The Bertz CT molecular complexity index is 790. The van der Waals surface area contributed by atoms with Gasteiger partial charge >= 0.3 is 7.37 Å². The third-order valence-corrected chi connectivity index (χ3v) is 6.87. The van der Waals surface area contributed by atoms with Crippen LogP contribution in [0.1, 0.15) is 37.8 Å². The fraction of sp³-hybridized carbons (Fsp3) is 0.263. The van der Waals surface area contributed by atoms with Gasteiger partial charge in [0.15, 0.2) is 0 Å². The molecule has 1 aliphatic rings. The second-order valence-corrected chi connectivity index (χ2v) is 7.80. The molecule has 1 atom stereocenters. The molecular weight excluding hydrogens is 291 g/mol. The van der Waals surface area contributed by atoms with Gasteiger partial charge in [0.2, 0.25) is 0 Å². The zero-order chi connectivity index (χ0) is 15.7. The van der Waals surface area contributed by atoms with Gasteiger partial charge in [-0.1, -0.05) is 50.2 Å². The second kappa shape index (κ2) is 5.78. The molecule has 2 aromatic carbocycles. The normalized spacial score (nSPS) is 20.5. The van der Waals surface area contributed by atoms with Crippen LogP contribution in [0.2, 0.25) is 0 Å². The van der Waals surface area contributed by atoms with Crippen LogP contribution in [0.25, 0.3) is 5.57 Å². The molecule has 0 aromatic heterocycles. The van der Waals surface area contributed by atoms with E-state index >= 15 is 0 Å². The van der Waals surface area contributed by atoms with E-state index < -0.39 is 7.37 Å². The van der Waals surface area contributed by atoms with Gasteiger partial charge in [0, 0.05) is 6.42 Å². The van der Waals surface area contributed by atoms with E-state index in [1.807, 2.05) is 49.4 Å². The minimum absolute atomic E-state index is 0.757. The summed E-state index contributed by atoms with van der Waals surface area (Å²) in [5.41, 5.74) is 3.27. The fourth-order valence-electron chi connectivity index (χ4n) is 3.13. The molecule has 0 fully saturated rings. The third-order valence-electron chi connectivity index (χ3n) is 4.23. The van der Waals surface area contributed by atoms with E-state index in [2.05, 4.69) is 19.9 Å². The van der Waals surface area contributed by atoms with Crippen LogP contribution in [0.15, 0.2) is 54.3 Å². The highest BCUT2D eigenvalue weighted by atomic mass is 31.2. The molecule has 0 radical (unpaired) electrons. The molecule has 114 valence electrons. The average molecular weight is 312 g/mol. The molecule has 1 heterocycles. The van der Waals surface area contributed by atoms with E-state index in [0.29, 0.717) is 0 Å². The van der Waals surface area contributed by atoms with Gasteiger partial charge < -0.3 is 4.52 Å². The largest absolute Gasteiger partial charge is 0.441 e. The van der Waals surface area contributed by atoms with Crippen molar-refractivity contribution >= 4 is 23.6 Å². The third kappa shape index (κ3) is 2.23. The van der Waals surface area contributed by atoms with Crippen molar-refractivity contribution in [3.05, 3.63) is 65.4 Å². The van der Waals surface area contributed by atoms with Crippen LogP contribution in [0, 0.1) is 6.92 Å². The molecule has 0 N–H and O–H groups in total. The van der Waals surface area contributed by atoms with Gasteiger partial charge in [-0.15, -0.1) is 0 Å². The van der Waals surface area contributed by atoms with Crippen LogP contribution in [0.4, 0.5) is 0 Å². The number of rotatable bonds is 3. The first-order valence-electron chi connectivity index (χ1n) is 7.79. The lowest BCUT2D eigenvalue weighted by Crippen LogP contribution is -2.26. The summed E-state index contributed by atoms with van der Waals surface area (Å²) in [5.74, 6) is 0.868. The first kappa shape index (κ1) is 15.1. The van der Waals surface area contributed by atoms with Crippen molar-refractivity contribution in [2.24, 2.45) is 0 Å². The molecule has 22 heavy (non-hydrogen) atoms. The molecule has 0 spiro atoms. The molecule has 0 bridgehead atoms. The topological polar surface area (TPSA) is 26.3 Å². The molecule has 2 aromatic rings. The van der Waals surface area contributed by atoms with Crippen LogP contribution in [0.3, 0.4) is 0 Å². The SMILES string of the molecule is CCC1=C(CC)c2ccccc2P(=O)(c2ccccc2C)O1. The molecule has 3 rings (SSSR count). The van der Waals surface area contributed by atoms with Gasteiger partial charge in [-0.05, 0) is 42.2 Å². The Morgan fingerprint density at radius 1 is 0.909 bits per heavy atom. The summed E-state index contributed by atoms with van der Waals surface area (Å²) in [6.45, 7) is 6.17. The minimum atomic E-state index is -3.07. The lowest BCUT2D eigenvalue weighted by atomic mass is 10.0. The second-order valence-electron chi connectivity index (χ2n) is 5.56. The van der Waals surface area contributed by atoms with Gasteiger partial charge in [-0.3, -0.25) is 4.57 Å². The standard InChI is InChI=1S/C19H21O2P/c1-4-15-16-11-7-9-13-19(16)22(20,21-17(15)5-2)18-12-8-6-10-14(18)3/h6-13H,4-5H2,1-3H3. The van der Waals surface area contributed by atoms with E-state index in [-0.39, 0.29) is 0 Å². The van der Waals surface area contributed by atoms with Crippen molar-refractivity contribution in [1.82, 2.24) is 0 Å². The van der Waals surface area contributed by atoms with Crippen LogP contribution in [-0.2, 0) is 9.09 Å². The van der Waals surface area contributed by atoms with Crippen molar-refractivity contribution in [2.45, 2.75) is 33.6 Å². The summed E-state index contributed by atoms with van der Waals surface area (Å²) >= 11 is 0. The lowest BCUT2D eigenvalue weighted by Gasteiger charge is -2.31. The molecule has 1 aliphatic heterocycles. The molecule has 1 unspecified atom stereocenters. The van der Waals surface area contributed by atoms with Crippen LogP contribution < -0.4 is 10.6 Å². The van der Waals surface area contributed by atoms with E-state index in [0.717, 1.165) is 40.3 Å². The van der Waals surface area contributed by atoms with Gasteiger partial charge in [0.25, 0.3) is 0 Å². The molecule has 0 saturated heterocycles. The van der Waals surface area contributed by atoms with Crippen LogP contribution >= 0.6 is 7.37 Å². The first-order valence-corrected chi connectivity index (χ1v) is 9.42. The number of hydrogen-bond donors (Lipinski definition) is 0. The quantitative estimate of drug-likeness (QED) is 0.762. The van der Waals surface area contributed by atoms with Crippen molar-refractivity contribution in [3.8, 4) is 0 Å². The van der Waals surface area contributed by atoms with Crippen molar-refractivity contribution in [1.29, 1.82) is 0 Å². The van der Waals surface area contributed by atoms with Crippen molar-refractivity contribution in [2.75, 3.05) is 0 Å². The Kier molecular flexibility index (Phi) is 3.97. The number of benzene rings is 2. The summed E-state index contributed by atoms with van der Waals surface area (Å²) in [6.07, 6.45) is 1.64. The van der Waals surface area contributed by atoms with Gasteiger partial charge in [0.05, 0.1) is 10.6 Å². The summed E-state index contributed by atoms with van der Waals surface area (Å²) in [5, 5.41) is 1.64. The first-order chi connectivity index (χ1) is 10.6. The monoisotopic (exact) mass is 312 g/mol. The summed E-state index contributed by atoms with van der Waals surface area (Å²) < 4.78 is 20.0. The zero-order valence-corrected chi connectivity index (χ0v) is 14.2. The number of hydrogen-bond acceptors (Lipinski definition) is 2. The number of fused-ring (bicyclic) bond motifs is 1. The maximum Gasteiger partial charge on any atom is 0.307 e. The zero-order valence-electron chi connectivity index (χ0n) is 13.3. The Hall–Kier alpha value is -1.79. The Labute approximate surface area is 132 Å². The molecular formula is C19H21O2P. The van der Waals surface area contributed by atoms with Crippen LogP contribution in [0.5, 0.6) is 0 Å². The highest BCUT2D eigenvalue weighted by Gasteiger charge is 2.38. The summed E-state index contributed by atoms with van der Waals surface area (Å²) in [7, 11) is -3.07. The highest BCUT2D eigenvalue weighted by Crippen LogP contribution is 2.54. The van der Waals surface area contributed by atoms with E-state index in [4.69, 9.17) is 4.52 Å². The fourth-order valence-corrected chi connectivity index (χ4v) is 5.77. The predicted octanol–water partition coefficient (Wildman–Crippen LogP) is 4.79. The Morgan fingerprint density at radius 3 is 2.18 bits per heavy atom. The van der Waals surface area contributed by atoms with E-state index in [1.165, 1.54) is 5.57 Å². The van der Waals surface area contributed by atoms with Gasteiger partial charge in [0.1, 0.15) is 5.76 Å². The van der Waals surface area contributed by atoms with Crippen molar-refractivity contribution < 1.29 is 9.09 Å². The van der Waals surface area contributed by atoms with Crippen molar-refractivity contribution in [3.63, 3.8) is 0 Å². The molecule has 2 nitrogen and oxygen atoms in total. The maximum absolute atomic E-state index is 13.9. The number of allylic oxidation sites excluding steroid dienone is 2. The Morgan fingerprint density at radius 2 is 1.55 bits per heavy atom. The summed E-state index contributed by atoms with van der Waals surface area (Å²) in [4.78, 5) is 0. The smallest absolute Gasteiger partial charge is 0.307 e. The Balaban J connectivity index is 2.31. The lowest BCUT2D eigenvalue weighted by molar-refractivity contribution is 0.406. The molecule has 3 heteroatoms. The molecule has 0 saturated carbocycles. The van der Waals surface area contributed by atoms with Gasteiger partial charge in [-0.2, -0.15) is 0 Å². The average Bonchev–Trinajstić information content (AvgIpc) is 2.55.